The maximum atomic E-state index is 12.4. The molecule has 2 aromatic carbocycles. The van der Waals surface area contributed by atoms with E-state index in [1.54, 1.807) is 7.11 Å². The highest BCUT2D eigenvalue weighted by atomic mass is 16.5. The van der Waals surface area contributed by atoms with Crippen LogP contribution in [0.15, 0.2) is 48.5 Å². The predicted molar refractivity (Wildman–Crippen MR) is 104 cm³/mol. The smallest absolute Gasteiger partial charge is 0.255 e. The third-order valence-electron chi connectivity index (χ3n) is 4.71. The molecule has 1 aliphatic rings. The van der Waals surface area contributed by atoms with Crippen LogP contribution < -0.4 is 5.32 Å². The summed E-state index contributed by atoms with van der Waals surface area (Å²) in [6.07, 6.45) is 0. The fourth-order valence-corrected chi connectivity index (χ4v) is 3.13. The Morgan fingerprint density at radius 2 is 1.77 bits per heavy atom. The molecule has 0 aliphatic carbocycles. The zero-order valence-corrected chi connectivity index (χ0v) is 15.6. The Balaban J connectivity index is 1.57. The van der Waals surface area contributed by atoms with Crippen LogP contribution in [0.2, 0.25) is 0 Å². The van der Waals surface area contributed by atoms with Gasteiger partial charge >= 0.3 is 0 Å². The predicted octanol–water partition coefficient (Wildman–Crippen LogP) is 2.83. The average Bonchev–Trinajstić information content (AvgIpc) is 2.66. The molecule has 0 spiro atoms. The summed E-state index contributed by atoms with van der Waals surface area (Å²) in [6.45, 7) is 5.91. The van der Waals surface area contributed by atoms with Crippen molar-refractivity contribution in [3.05, 3.63) is 65.2 Å². The van der Waals surface area contributed by atoms with Crippen LogP contribution in [0.1, 0.15) is 21.5 Å². The van der Waals surface area contributed by atoms with Crippen LogP contribution >= 0.6 is 0 Å². The number of carbonyl (C=O) groups excluding carboxylic acids is 1. The first-order valence-electron chi connectivity index (χ1n) is 9.03. The maximum Gasteiger partial charge on any atom is 0.255 e. The number of carbonyl (C=O) groups is 1. The van der Waals surface area contributed by atoms with Crippen LogP contribution in [-0.2, 0) is 17.9 Å². The molecule has 2 aromatic rings. The van der Waals surface area contributed by atoms with Crippen molar-refractivity contribution >= 4 is 11.6 Å². The molecule has 5 nitrogen and oxygen atoms in total. The monoisotopic (exact) mass is 353 g/mol. The summed E-state index contributed by atoms with van der Waals surface area (Å²) < 4.78 is 5.12. The number of anilines is 1. The Bertz CT molecular complexity index is 722. The van der Waals surface area contributed by atoms with Crippen molar-refractivity contribution in [1.82, 2.24) is 9.80 Å². The molecule has 1 heterocycles. The van der Waals surface area contributed by atoms with E-state index in [0.717, 1.165) is 44.0 Å². The van der Waals surface area contributed by atoms with Gasteiger partial charge in [-0.15, -0.1) is 0 Å². The first kappa shape index (κ1) is 18.6. The van der Waals surface area contributed by atoms with E-state index in [1.165, 1.54) is 5.56 Å². The summed E-state index contributed by atoms with van der Waals surface area (Å²) in [6, 6.07) is 15.6. The van der Waals surface area contributed by atoms with Gasteiger partial charge < -0.3 is 15.0 Å². The minimum atomic E-state index is -0.102. The molecule has 0 unspecified atom stereocenters. The van der Waals surface area contributed by atoms with E-state index in [4.69, 9.17) is 4.74 Å². The van der Waals surface area contributed by atoms with E-state index < -0.39 is 0 Å². The molecule has 1 N–H and O–H groups in total. The van der Waals surface area contributed by atoms with Gasteiger partial charge in [0.1, 0.15) is 0 Å². The molecule has 26 heavy (non-hydrogen) atoms. The van der Waals surface area contributed by atoms with Gasteiger partial charge in [-0.05, 0) is 42.4 Å². The van der Waals surface area contributed by atoms with Crippen molar-refractivity contribution in [3.8, 4) is 0 Å². The lowest BCUT2D eigenvalue weighted by molar-refractivity contribution is 0.102. The first-order chi connectivity index (χ1) is 12.6. The summed E-state index contributed by atoms with van der Waals surface area (Å²) in [4.78, 5) is 17.3. The lowest BCUT2D eigenvalue weighted by Crippen LogP contribution is -2.43. The zero-order chi connectivity index (χ0) is 18.4. The number of piperazine rings is 1. The van der Waals surface area contributed by atoms with E-state index in [1.807, 2.05) is 36.4 Å². The SMILES string of the molecule is COCc1cccc(C(=O)Nc2ccc(CN3CCN(C)CC3)cc2)c1. The van der Waals surface area contributed by atoms with E-state index >= 15 is 0 Å². The number of methoxy groups -OCH3 is 1. The molecule has 138 valence electrons. The number of nitrogens with zero attached hydrogens (tertiary/aromatic N) is 2. The molecule has 3 rings (SSSR count). The molecule has 0 atom stereocenters. The van der Waals surface area contributed by atoms with Gasteiger partial charge in [-0.25, -0.2) is 0 Å². The van der Waals surface area contributed by atoms with Crippen LogP contribution in [0.3, 0.4) is 0 Å². The number of benzene rings is 2. The van der Waals surface area contributed by atoms with Crippen molar-refractivity contribution in [2.24, 2.45) is 0 Å². The second kappa shape index (κ2) is 8.94. The molecule has 1 amide bonds. The Kier molecular flexibility index (Phi) is 6.39. The number of ether oxygens (including phenoxy) is 1. The molecule has 0 aromatic heterocycles. The summed E-state index contributed by atoms with van der Waals surface area (Å²) in [5.74, 6) is -0.102. The van der Waals surface area contributed by atoms with E-state index in [0.29, 0.717) is 12.2 Å². The largest absolute Gasteiger partial charge is 0.380 e. The van der Waals surface area contributed by atoms with E-state index in [-0.39, 0.29) is 5.91 Å². The highest BCUT2D eigenvalue weighted by molar-refractivity contribution is 6.04. The van der Waals surface area contributed by atoms with Crippen molar-refractivity contribution in [2.75, 3.05) is 45.7 Å². The lowest BCUT2D eigenvalue weighted by atomic mass is 10.1. The highest BCUT2D eigenvalue weighted by Gasteiger charge is 2.14. The Hall–Kier alpha value is -2.21. The molecule has 0 bridgehead atoms. The summed E-state index contributed by atoms with van der Waals surface area (Å²) in [5.41, 5.74) is 3.72. The van der Waals surface area contributed by atoms with Crippen LogP contribution in [0.25, 0.3) is 0 Å². The number of likely N-dealkylation sites (N-methyl/N-ethyl adjacent to an activating group) is 1. The van der Waals surface area contributed by atoms with Crippen molar-refractivity contribution in [2.45, 2.75) is 13.2 Å². The van der Waals surface area contributed by atoms with Gasteiger partial charge in [0.15, 0.2) is 0 Å². The number of hydrogen-bond donors (Lipinski definition) is 1. The maximum absolute atomic E-state index is 12.4. The van der Waals surface area contributed by atoms with Gasteiger partial charge in [-0.2, -0.15) is 0 Å². The van der Waals surface area contributed by atoms with Gasteiger partial charge in [0, 0.05) is 51.1 Å². The number of amides is 1. The number of nitrogens with one attached hydrogen (secondary N) is 1. The van der Waals surface area contributed by atoms with Gasteiger partial charge in [0.05, 0.1) is 6.61 Å². The van der Waals surface area contributed by atoms with Crippen molar-refractivity contribution in [3.63, 3.8) is 0 Å². The fourth-order valence-electron chi connectivity index (χ4n) is 3.13. The minimum Gasteiger partial charge on any atom is -0.380 e. The molecular weight excluding hydrogens is 326 g/mol. The van der Waals surface area contributed by atoms with Crippen molar-refractivity contribution in [1.29, 1.82) is 0 Å². The summed E-state index contributed by atoms with van der Waals surface area (Å²) >= 11 is 0. The van der Waals surface area contributed by atoms with Crippen molar-refractivity contribution < 1.29 is 9.53 Å². The number of hydrogen-bond acceptors (Lipinski definition) is 4. The Morgan fingerprint density at radius 3 is 2.46 bits per heavy atom. The molecular formula is C21H27N3O2. The third kappa shape index (κ3) is 5.14. The standard InChI is InChI=1S/C21H27N3O2/c1-23-10-12-24(13-11-23)15-17-6-8-20(9-7-17)22-21(25)19-5-3-4-18(14-19)16-26-2/h3-9,14H,10-13,15-16H2,1-2H3,(H,22,25). The first-order valence-corrected chi connectivity index (χ1v) is 9.03. The third-order valence-corrected chi connectivity index (χ3v) is 4.71. The van der Waals surface area contributed by atoms with Gasteiger partial charge in [-0.3, -0.25) is 9.69 Å². The van der Waals surface area contributed by atoms with E-state index in [2.05, 4.69) is 34.3 Å². The van der Waals surface area contributed by atoms with E-state index in [9.17, 15) is 4.79 Å². The van der Waals surface area contributed by atoms with Crippen LogP contribution in [0.5, 0.6) is 0 Å². The van der Waals surface area contributed by atoms with Crippen LogP contribution in [-0.4, -0.2) is 56.0 Å². The van der Waals surface area contributed by atoms with Crippen LogP contribution in [0, 0.1) is 0 Å². The Labute approximate surface area is 155 Å². The highest BCUT2D eigenvalue weighted by Crippen LogP contribution is 2.15. The van der Waals surface area contributed by atoms with Gasteiger partial charge in [0.2, 0.25) is 0 Å². The molecule has 1 saturated heterocycles. The molecule has 0 saturated carbocycles. The van der Waals surface area contributed by atoms with Gasteiger partial charge in [0.25, 0.3) is 5.91 Å². The zero-order valence-electron chi connectivity index (χ0n) is 15.6. The summed E-state index contributed by atoms with van der Waals surface area (Å²) in [7, 11) is 3.82. The average molecular weight is 353 g/mol. The second-order valence-corrected chi connectivity index (χ2v) is 6.86. The quantitative estimate of drug-likeness (QED) is 0.867. The molecule has 1 fully saturated rings. The second-order valence-electron chi connectivity index (χ2n) is 6.86. The molecule has 5 heteroatoms. The molecule has 0 radical (unpaired) electrons. The van der Waals surface area contributed by atoms with Gasteiger partial charge in [-0.1, -0.05) is 24.3 Å². The van der Waals surface area contributed by atoms with Crippen LogP contribution in [0.4, 0.5) is 5.69 Å². The Morgan fingerprint density at radius 1 is 1.04 bits per heavy atom. The minimum absolute atomic E-state index is 0.102. The topological polar surface area (TPSA) is 44.8 Å². The molecule has 1 aliphatic heterocycles. The summed E-state index contributed by atoms with van der Waals surface area (Å²) in [5, 5.41) is 2.96. The fraction of sp³-hybridized carbons (Fsp3) is 0.381. The number of rotatable bonds is 6. The lowest BCUT2D eigenvalue weighted by Gasteiger charge is -2.32. The normalized spacial score (nSPS) is 15.8.